The van der Waals surface area contributed by atoms with Gasteiger partial charge in [0.15, 0.2) is 5.15 Å². The molecule has 1 amide bonds. The van der Waals surface area contributed by atoms with Crippen LogP contribution >= 0.6 is 23.4 Å². The Morgan fingerprint density at radius 2 is 2.12 bits per heavy atom. The van der Waals surface area contributed by atoms with Crippen LogP contribution in [0.25, 0.3) is 5.69 Å². The number of carbonyl (C=O) groups excluding carboxylic acids is 1. The zero-order chi connectivity index (χ0) is 18.7. The summed E-state index contributed by atoms with van der Waals surface area (Å²) in [5.74, 6) is -0.208. The summed E-state index contributed by atoms with van der Waals surface area (Å²) in [6.07, 6.45) is 1.56. The van der Waals surface area contributed by atoms with Gasteiger partial charge >= 0.3 is 0 Å². The van der Waals surface area contributed by atoms with Crippen molar-refractivity contribution >= 4 is 35.0 Å². The molecule has 0 unspecified atom stereocenters. The molecular formula is C17H17ClN6OS. The van der Waals surface area contributed by atoms with Crippen LogP contribution in [0.15, 0.2) is 41.7 Å². The fourth-order valence-corrected chi connectivity index (χ4v) is 3.34. The molecule has 0 saturated carbocycles. The standard InChI is InChI=1S/C17H17ClN6OS/c1-10-6-7-14(11(2)9-10)24-17(21-22-23-24)26-12(3)16(25)20-13-5-4-8-19-15(13)18/h4-9,12H,1-3H3,(H,20,25)/t12-/m1/s1. The average molecular weight is 389 g/mol. The number of hydrogen-bond acceptors (Lipinski definition) is 6. The van der Waals surface area contributed by atoms with E-state index in [2.05, 4.69) is 31.9 Å². The SMILES string of the molecule is Cc1ccc(-n2nnnc2S[C@H](C)C(=O)Nc2cccnc2Cl)c(C)c1. The maximum atomic E-state index is 12.5. The van der Waals surface area contributed by atoms with Crippen LogP contribution in [0, 0.1) is 13.8 Å². The lowest BCUT2D eigenvalue weighted by atomic mass is 10.1. The quantitative estimate of drug-likeness (QED) is 0.532. The van der Waals surface area contributed by atoms with Crippen LogP contribution in [0.2, 0.25) is 5.15 Å². The first-order chi connectivity index (χ1) is 12.5. The predicted molar refractivity (Wildman–Crippen MR) is 102 cm³/mol. The minimum absolute atomic E-state index is 0.208. The molecule has 0 spiro atoms. The summed E-state index contributed by atoms with van der Waals surface area (Å²) in [7, 11) is 0. The number of rotatable bonds is 5. The number of benzene rings is 1. The topological polar surface area (TPSA) is 85.6 Å². The third-order valence-corrected chi connectivity index (χ3v) is 5.02. The molecule has 0 bridgehead atoms. The molecule has 9 heteroatoms. The van der Waals surface area contributed by atoms with Crippen molar-refractivity contribution in [1.82, 2.24) is 25.2 Å². The molecule has 0 aliphatic rings. The molecule has 134 valence electrons. The molecule has 1 aromatic carbocycles. The highest BCUT2D eigenvalue weighted by atomic mass is 35.5. The third kappa shape index (κ3) is 4.03. The Morgan fingerprint density at radius 1 is 1.31 bits per heavy atom. The Hall–Kier alpha value is -2.45. The molecule has 1 atom stereocenters. The summed E-state index contributed by atoms with van der Waals surface area (Å²) in [6, 6.07) is 9.43. The number of aryl methyl sites for hydroxylation is 2. The molecule has 26 heavy (non-hydrogen) atoms. The zero-order valence-electron chi connectivity index (χ0n) is 14.5. The first-order valence-electron chi connectivity index (χ1n) is 7.89. The van der Waals surface area contributed by atoms with Crippen LogP contribution in [0.4, 0.5) is 5.69 Å². The average Bonchev–Trinajstić information content (AvgIpc) is 3.04. The van der Waals surface area contributed by atoms with Gasteiger partial charge in [-0.1, -0.05) is 41.1 Å². The van der Waals surface area contributed by atoms with Crippen molar-refractivity contribution in [2.45, 2.75) is 31.2 Å². The van der Waals surface area contributed by atoms with E-state index in [0.717, 1.165) is 16.8 Å². The van der Waals surface area contributed by atoms with Crippen molar-refractivity contribution in [3.63, 3.8) is 0 Å². The van der Waals surface area contributed by atoms with Crippen LogP contribution in [0.3, 0.4) is 0 Å². The van der Waals surface area contributed by atoms with Gasteiger partial charge in [0.05, 0.1) is 16.6 Å². The number of carbonyl (C=O) groups is 1. The minimum atomic E-state index is -0.429. The number of amides is 1. The summed E-state index contributed by atoms with van der Waals surface area (Å²) in [5, 5.41) is 15.0. The number of hydrogen-bond donors (Lipinski definition) is 1. The van der Waals surface area contributed by atoms with E-state index >= 15 is 0 Å². The molecule has 7 nitrogen and oxygen atoms in total. The van der Waals surface area contributed by atoms with Gasteiger partial charge < -0.3 is 5.32 Å². The Bertz CT molecular complexity index is 945. The first-order valence-corrected chi connectivity index (χ1v) is 9.15. The second-order valence-corrected chi connectivity index (χ2v) is 7.42. The van der Waals surface area contributed by atoms with E-state index in [4.69, 9.17) is 11.6 Å². The molecule has 3 rings (SSSR count). The Morgan fingerprint density at radius 3 is 2.85 bits per heavy atom. The predicted octanol–water partition coefficient (Wildman–Crippen LogP) is 3.45. The monoisotopic (exact) mass is 388 g/mol. The number of nitrogens with one attached hydrogen (secondary N) is 1. The highest BCUT2D eigenvalue weighted by Crippen LogP contribution is 2.26. The van der Waals surface area contributed by atoms with Crippen molar-refractivity contribution in [3.8, 4) is 5.69 Å². The molecular weight excluding hydrogens is 372 g/mol. The van der Waals surface area contributed by atoms with Crippen LogP contribution in [-0.2, 0) is 4.79 Å². The summed E-state index contributed by atoms with van der Waals surface area (Å²) in [5.41, 5.74) is 3.57. The lowest BCUT2D eigenvalue weighted by Crippen LogP contribution is -2.23. The van der Waals surface area contributed by atoms with Crippen LogP contribution in [0.5, 0.6) is 0 Å². The number of tetrazole rings is 1. The molecule has 0 fully saturated rings. The van der Waals surface area contributed by atoms with Crippen LogP contribution in [0.1, 0.15) is 18.1 Å². The van der Waals surface area contributed by atoms with Gasteiger partial charge in [-0.15, -0.1) is 5.10 Å². The van der Waals surface area contributed by atoms with Crippen molar-refractivity contribution in [3.05, 3.63) is 52.8 Å². The largest absolute Gasteiger partial charge is 0.322 e. The smallest absolute Gasteiger partial charge is 0.237 e. The number of nitrogens with zero attached hydrogens (tertiary/aromatic N) is 5. The zero-order valence-corrected chi connectivity index (χ0v) is 16.0. The second-order valence-electron chi connectivity index (χ2n) is 5.75. The highest BCUT2D eigenvalue weighted by Gasteiger charge is 2.20. The van der Waals surface area contributed by atoms with Gasteiger partial charge in [0, 0.05) is 6.20 Å². The van der Waals surface area contributed by atoms with E-state index < -0.39 is 5.25 Å². The minimum Gasteiger partial charge on any atom is -0.322 e. The number of anilines is 1. The van der Waals surface area contributed by atoms with Crippen LogP contribution in [-0.4, -0.2) is 36.3 Å². The molecule has 1 N–H and O–H groups in total. The van der Waals surface area contributed by atoms with E-state index in [9.17, 15) is 4.79 Å². The van der Waals surface area contributed by atoms with E-state index in [0.29, 0.717) is 10.8 Å². The number of aromatic nitrogens is 5. The maximum absolute atomic E-state index is 12.5. The molecule has 3 aromatic rings. The van der Waals surface area contributed by atoms with Gasteiger partial charge in [-0.25, -0.2) is 4.98 Å². The summed E-state index contributed by atoms with van der Waals surface area (Å²) in [4.78, 5) is 16.4. The Labute approximate surface area is 160 Å². The number of thioether (sulfide) groups is 1. The highest BCUT2D eigenvalue weighted by molar-refractivity contribution is 8.00. The molecule has 2 heterocycles. The molecule has 0 aliphatic carbocycles. The fourth-order valence-electron chi connectivity index (χ4n) is 2.37. The number of pyridine rings is 1. The summed E-state index contributed by atoms with van der Waals surface area (Å²) >= 11 is 7.25. The van der Waals surface area contributed by atoms with Gasteiger partial charge in [0.25, 0.3) is 0 Å². The van der Waals surface area contributed by atoms with E-state index in [-0.39, 0.29) is 11.1 Å². The van der Waals surface area contributed by atoms with Crippen molar-refractivity contribution in [2.24, 2.45) is 0 Å². The fraction of sp³-hybridized carbons (Fsp3) is 0.235. The van der Waals surface area contributed by atoms with Gasteiger partial charge in [0.2, 0.25) is 11.1 Å². The lowest BCUT2D eigenvalue weighted by Gasteiger charge is -2.13. The first kappa shape index (κ1) is 18.3. The molecule has 2 aromatic heterocycles. The van der Waals surface area contributed by atoms with Gasteiger partial charge in [-0.3, -0.25) is 4.79 Å². The maximum Gasteiger partial charge on any atom is 0.237 e. The summed E-state index contributed by atoms with van der Waals surface area (Å²) in [6.45, 7) is 5.81. The van der Waals surface area contributed by atoms with Crippen LogP contribution < -0.4 is 5.32 Å². The second kappa shape index (κ2) is 7.84. The normalized spacial score (nSPS) is 12.0. The Kier molecular flexibility index (Phi) is 5.53. The van der Waals surface area contributed by atoms with E-state index in [1.54, 1.807) is 29.9 Å². The van der Waals surface area contributed by atoms with E-state index in [1.165, 1.54) is 11.8 Å². The lowest BCUT2D eigenvalue weighted by molar-refractivity contribution is -0.115. The Balaban J connectivity index is 1.76. The van der Waals surface area contributed by atoms with Gasteiger partial charge in [0.1, 0.15) is 0 Å². The van der Waals surface area contributed by atoms with E-state index in [1.807, 2.05) is 26.0 Å². The third-order valence-electron chi connectivity index (χ3n) is 3.69. The summed E-state index contributed by atoms with van der Waals surface area (Å²) < 4.78 is 1.64. The molecule has 0 aliphatic heterocycles. The van der Waals surface area contributed by atoms with Gasteiger partial charge in [-0.05, 0) is 55.0 Å². The van der Waals surface area contributed by atoms with Gasteiger partial charge in [-0.2, -0.15) is 4.68 Å². The van der Waals surface area contributed by atoms with Crippen molar-refractivity contribution < 1.29 is 4.79 Å². The molecule has 0 radical (unpaired) electrons. The van der Waals surface area contributed by atoms with Crippen molar-refractivity contribution in [2.75, 3.05) is 5.32 Å². The molecule has 0 saturated heterocycles. The number of halogens is 1. The van der Waals surface area contributed by atoms with Crippen molar-refractivity contribution in [1.29, 1.82) is 0 Å².